The molecule has 0 radical (unpaired) electrons. The molecule has 0 aliphatic carbocycles. The Morgan fingerprint density at radius 3 is 2.67 bits per heavy atom. The summed E-state index contributed by atoms with van der Waals surface area (Å²) in [6, 6.07) is 21.2. The third-order valence-corrected chi connectivity index (χ3v) is 7.45. The first-order valence-corrected chi connectivity index (χ1v) is 14.6. The number of benzene rings is 3. The Hall–Kier alpha value is -3.79. The maximum Gasteiger partial charge on any atom is 0.141 e. The van der Waals surface area contributed by atoms with Crippen LogP contribution in [0, 0.1) is 5.82 Å². The van der Waals surface area contributed by atoms with Crippen LogP contribution in [0.1, 0.15) is 17.4 Å². The van der Waals surface area contributed by atoms with Crippen molar-refractivity contribution in [3.05, 3.63) is 101 Å². The van der Waals surface area contributed by atoms with Gasteiger partial charge in [0.15, 0.2) is 0 Å². The molecule has 5 rings (SSSR count). The molecule has 7 nitrogen and oxygen atoms in total. The van der Waals surface area contributed by atoms with E-state index in [1.807, 2.05) is 55.4 Å². The first kappa shape index (κ1) is 27.8. The second-order valence-corrected chi connectivity index (χ2v) is 11.5. The number of hydrogen-bond acceptors (Lipinski definition) is 7. The van der Waals surface area contributed by atoms with Gasteiger partial charge in [0.2, 0.25) is 0 Å². The van der Waals surface area contributed by atoms with Crippen molar-refractivity contribution < 1.29 is 17.8 Å². The number of ether oxygens (including phenoxy) is 1. The van der Waals surface area contributed by atoms with E-state index in [1.165, 1.54) is 18.5 Å². The van der Waals surface area contributed by atoms with Gasteiger partial charge in [0.25, 0.3) is 0 Å². The summed E-state index contributed by atoms with van der Waals surface area (Å²) >= 11 is 6.49. The van der Waals surface area contributed by atoms with Crippen molar-refractivity contribution in [1.82, 2.24) is 14.9 Å². The minimum Gasteiger partial charge on any atom is -0.487 e. The minimum absolute atomic E-state index is 0.0915. The SMILES string of the molecule is CN(C)C(C[S@@](C)=O)c1ccc(-c2ccc3ncnc(Nc4ccc(OCc5cccc(F)c5)c(Cl)c4)c3c2)o1. The average molecular weight is 579 g/mol. The molecule has 0 aliphatic heterocycles. The maximum absolute atomic E-state index is 13.5. The number of hydrogen-bond donors (Lipinski definition) is 1. The predicted octanol–water partition coefficient (Wildman–Crippen LogP) is 6.99. The topological polar surface area (TPSA) is 80.5 Å². The fourth-order valence-electron chi connectivity index (χ4n) is 4.32. The summed E-state index contributed by atoms with van der Waals surface area (Å²) in [6.07, 6.45) is 3.19. The van der Waals surface area contributed by atoms with E-state index in [9.17, 15) is 8.60 Å². The van der Waals surface area contributed by atoms with Gasteiger partial charge in [0.1, 0.15) is 41.8 Å². The molecule has 0 amide bonds. The lowest BCUT2D eigenvalue weighted by atomic mass is 10.1. The average Bonchev–Trinajstić information content (AvgIpc) is 3.41. The van der Waals surface area contributed by atoms with Crippen LogP contribution < -0.4 is 10.1 Å². The van der Waals surface area contributed by atoms with Gasteiger partial charge in [0.05, 0.1) is 16.6 Å². The second-order valence-electron chi connectivity index (χ2n) is 9.56. The molecule has 0 saturated carbocycles. The van der Waals surface area contributed by atoms with Crippen molar-refractivity contribution in [2.24, 2.45) is 0 Å². The number of nitrogens with zero attached hydrogens (tertiary/aromatic N) is 3. The van der Waals surface area contributed by atoms with Gasteiger partial charge in [-0.1, -0.05) is 23.7 Å². The van der Waals surface area contributed by atoms with Crippen LogP contribution in [0.4, 0.5) is 15.9 Å². The molecule has 206 valence electrons. The zero-order chi connectivity index (χ0) is 28.2. The smallest absolute Gasteiger partial charge is 0.141 e. The van der Waals surface area contributed by atoms with Crippen LogP contribution in [-0.4, -0.2) is 45.2 Å². The van der Waals surface area contributed by atoms with Crippen LogP contribution in [0.25, 0.3) is 22.2 Å². The minimum atomic E-state index is -0.965. The highest BCUT2D eigenvalue weighted by Gasteiger charge is 2.20. The van der Waals surface area contributed by atoms with Crippen molar-refractivity contribution in [1.29, 1.82) is 0 Å². The number of anilines is 2. The lowest BCUT2D eigenvalue weighted by Gasteiger charge is -2.21. The number of aromatic nitrogens is 2. The van der Waals surface area contributed by atoms with Crippen molar-refractivity contribution in [3.8, 4) is 17.1 Å². The summed E-state index contributed by atoms with van der Waals surface area (Å²) < 4.78 is 37.3. The van der Waals surface area contributed by atoms with Crippen molar-refractivity contribution in [2.45, 2.75) is 12.6 Å². The van der Waals surface area contributed by atoms with Crippen LogP contribution in [0.2, 0.25) is 5.02 Å². The Morgan fingerprint density at radius 2 is 1.93 bits per heavy atom. The standard InChI is InChI=1S/C30H28ClFN4O3S/c1-36(2)26(17-40(3)37)29-12-11-27(39-29)20-7-9-25-23(14-20)30(34-18-33-25)35-22-8-10-28(24(31)15-22)38-16-19-5-4-6-21(32)13-19/h4-15,18,26H,16-17H2,1-3H3,(H,33,34,35)/t26?,40-/m1/s1. The molecule has 0 bridgehead atoms. The van der Waals surface area contributed by atoms with Crippen LogP contribution >= 0.6 is 11.6 Å². The van der Waals surface area contributed by atoms with Gasteiger partial charge in [0, 0.05) is 39.4 Å². The van der Waals surface area contributed by atoms with Crippen molar-refractivity contribution in [2.75, 3.05) is 31.4 Å². The van der Waals surface area contributed by atoms with Gasteiger partial charge in [-0.25, -0.2) is 14.4 Å². The number of fused-ring (bicyclic) bond motifs is 1. The monoisotopic (exact) mass is 578 g/mol. The van der Waals surface area contributed by atoms with E-state index < -0.39 is 10.8 Å². The van der Waals surface area contributed by atoms with Crippen molar-refractivity contribution in [3.63, 3.8) is 0 Å². The number of nitrogens with one attached hydrogen (secondary N) is 1. The van der Waals surface area contributed by atoms with Crippen LogP contribution in [0.5, 0.6) is 5.75 Å². The number of halogens is 2. The molecule has 1 unspecified atom stereocenters. The van der Waals surface area contributed by atoms with Crippen LogP contribution in [0.15, 0.2) is 83.5 Å². The summed E-state index contributed by atoms with van der Waals surface area (Å²) in [5.41, 5.74) is 3.06. The maximum atomic E-state index is 13.5. The van der Waals surface area contributed by atoms with Gasteiger partial charge in [-0.3, -0.25) is 9.11 Å². The summed E-state index contributed by atoms with van der Waals surface area (Å²) in [6.45, 7) is 0.198. The van der Waals surface area contributed by atoms with E-state index in [-0.39, 0.29) is 18.5 Å². The van der Waals surface area contributed by atoms with Gasteiger partial charge in [-0.15, -0.1) is 0 Å². The highest BCUT2D eigenvalue weighted by Crippen LogP contribution is 2.34. The first-order valence-electron chi connectivity index (χ1n) is 12.5. The Labute approximate surface area is 239 Å². The Morgan fingerprint density at radius 1 is 1.07 bits per heavy atom. The summed E-state index contributed by atoms with van der Waals surface area (Å²) in [5, 5.41) is 4.54. The second kappa shape index (κ2) is 12.2. The number of rotatable bonds is 10. The van der Waals surface area contributed by atoms with Gasteiger partial charge >= 0.3 is 0 Å². The molecule has 0 spiro atoms. The van der Waals surface area contributed by atoms with Crippen LogP contribution in [-0.2, 0) is 17.4 Å². The molecular weight excluding hydrogens is 551 g/mol. The molecule has 40 heavy (non-hydrogen) atoms. The lowest BCUT2D eigenvalue weighted by Crippen LogP contribution is -2.24. The van der Waals surface area contributed by atoms with E-state index in [2.05, 4.69) is 15.3 Å². The molecule has 1 N–H and O–H groups in total. The van der Waals surface area contributed by atoms with E-state index in [0.717, 1.165) is 27.9 Å². The first-order chi connectivity index (χ1) is 19.3. The largest absolute Gasteiger partial charge is 0.487 e. The summed E-state index contributed by atoms with van der Waals surface area (Å²) in [4.78, 5) is 10.9. The van der Waals surface area contributed by atoms with E-state index in [4.69, 9.17) is 20.8 Å². The zero-order valence-electron chi connectivity index (χ0n) is 22.2. The van der Waals surface area contributed by atoms with E-state index >= 15 is 0 Å². The van der Waals surface area contributed by atoms with Gasteiger partial charge in [-0.2, -0.15) is 0 Å². The Kier molecular flexibility index (Phi) is 8.44. The molecule has 3 aromatic carbocycles. The normalized spacial score (nSPS) is 12.9. The Balaban J connectivity index is 1.37. The fraction of sp³-hybridized carbons (Fsp3) is 0.200. The molecule has 0 saturated heterocycles. The van der Waals surface area contributed by atoms with E-state index in [0.29, 0.717) is 33.7 Å². The van der Waals surface area contributed by atoms with Gasteiger partial charge in [-0.05, 0) is 80.3 Å². The third kappa shape index (κ3) is 6.50. The Bertz CT molecular complexity index is 1680. The molecule has 0 aliphatic rings. The fourth-order valence-corrected chi connectivity index (χ4v) is 5.47. The molecule has 10 heteroatoms. The zero-order valence-corrected chi connectivity index (χ0v) is 23.8. The molecule has 2 heterocycles. The van der Waals surface area contributed by atoms with Crippen LogP contribution in [0.3, 0.4) is 0 Å². The highest BCUT2D eigenvalue weighted by atomic mass is 35.5. The molecule has 0 fully saturated rings. The van der Waals surface area contributed by atoms with Crippen molar-refractivity contribution >= 4 is 44.8 Å². The van der Waals surface area contributed by atoms with E-state index in [1.54, 1.807) is 30.5 Å². The summed E-state index contributed by atoms with van der Waals surface area (Å²) in [5.74, 6) is 2.72. The predicted molar refractivity (Wildman–Crippen MR) is 158 cm³/mol. The highest BCUT2D eigenvalue weighted by molar-refractivity contribution is 7.84. The number of furan rings is 1. The quantitative estimate of drug-likeness (QED) is 0.191. The van der Waals surface area contributed by atoms with Gasteiger partial charge < -0.3 is 14.5 Å². The molecule has 2 aromatic heterocycles. The molecule has 2 atom stereocenters. The molecular formula is C30H28ClFN4O3S. The molecule has 5 aromatic rings. The third-order valence-electron chi connectivity index (χ3n) is 6.37. The summed E-state index contributed by atoms with van der Waals surface area (Å²) in [7, 11) is 2.92. The lowest BCUT2D eigenvalue weighted by molar-refractivity contribution is 0.282.